The van der Waals surface area contributed by atoms with Crippen LogP contribution >= 0.6 is 0 Å². The van der Waals surface area contributed by atoms with E-state index in [2.05, 4.69) is 9.97 Å². The van der Waals surface area contributed by atoms with Crippen LogP contribution in [0.5, 0.6) is 0 Å². The van der Waals surface area contributed by atoms with Gasteiger partial charge in [-0.1, -0.05) is 20.3 Å². The van der Waals surface area contributed by atoms with Gasteiger partial charge in [-0.15, -0.1) is 0 Å². The lowest BCUT2D eigenvalue weighted by molar-refractivity contribution is 0.0775. The van der Waals surface area contributed by atoms with E-state index in [9.17, 15) is 4.79 Å². The first-order valence-corrected chi connectivity index (χ1v) is 7.48. The lowest BCUT2D eigenvalue weighted by atomic mass is 10.0. The molecule has 1 aromatic rings. The molecule has 1 aliphatic heterocycles. The Morgan fingerprint density at radius 2 is 2.00 bits per heavy atom. The molecule has 1 amide bonds. The molecule has 2 heterocycles. The SMILES string of the molecule is CC(C)c1ncc(N)c(C(=O)N2CC3CCCC3C2)n1. The Kier molecular flexibility index (Phi) is 3.36. The fraction of sp³-hybridized carbons (Fsp3) is 0.667. The Hall–Kier alpha value is -1.65. The third-order valence-electron chi connectivity index (χ3n) is 4.57. The quantitative estimate of drug-likeness (QED) is 0.896. The monoisotopic (exact) mass is 274 g/mol. The standard InChI is InChI=1S/C15H22N4O/c1-9(2)14-17-6-12(16)13(18-14)15(20)19-7-10-4-3-5-11(10)8-19/h6,9-11H,3-5,7-8,16H2,1-2H3. The van der Waals surface area contributed by atoms with Gasteiger partial charge in [0.25, 0.3) is 5.91 Å². The number of hydrogen-bond donors (Lipinski definition) is 1. The lowest BCUT2D eigenvalue weighted by Crippen LogP contribution is -2.31. The zero-order valence-corrected chi connectivity index (χ0v) is 12.2. The fourth-order valence-electron chi connectivity index (χ4n) is 3.40. The number of rotatable bonds is 2. The van der Waals surface area contributed by atoms with Crippen LogP contribution in [0.4, 0.5) is 5.69 Å². The highest BCUT2D eigenvalue weighted by Crippen LogP contribution is 2.38. The van der Waals surface area contributed by atoms with Crippen LogP contribution in [0, 0.1) is 11.8 Å². The number of nitrogens with two attached hydrogens (primary N) is 1. The summed E-state index contributed by atoms with van der Waals surface area (Å²) in [6.07, 6.45) is 5.38. The Bertz CT molecular complexity index is 517. The number of anilines is 1. The van der Waals surface area contributed by atoms with Gasteiger partial charge in [-0.25, -0.2) is 9.97 Å². The van der Waals surface area contributed by atoms with Crippen molar-refractivity contribution < 1.29 is 4.79 Å². The summed E-state index contributed by atoms with van der Waals surface area (Å²) in [6, 6.07) is 0. The van der Waals surface area contributed by atoms with Crippen molar-refractivity contribution in [3.8, 4) is 0 Å². The maximum Gasteiger partial charge on any atom is 0.274 e. The molecule has 0 radical (unpaired) electrons. The van der Waals surface area contributed by atoms with Crippen molar-refractivity contribution in [2.24, 2.45) is 11.8 Å². The van der Waals surface area contributed by atoms with Gasteiger partial charge in [-0.3, -0.25) is 4.79 Å². The fourth-order valence-corrected chi connectivity index (χ4v) is 3.40. The van der Waals surface area contributed by atoms with E-state index in [1.807, 2.05) is 18.7 Å². The number of nitrogen functional groups attached to an aromatic ring is 1. The van der Waals surface area contributed by atoms with E-state index >= 15 is 0 Å². The van der Waals surface area contributed by atoms with E-state index in [0.29, 0.717) is 29.0 Å². The van der Waals surface area contributed by atoms with Gasteiger partial charge in [0.1, 0.15) is 5.82 Å². The first-order valence-electron chi connectivity index (χ1n) is 7.48. The Morgan fingerprint density at radius 1 is 1.35 bits per heavy atom. The second kappa shape index (κ2) is 5.04. The molecule has 2 aliphatic rings. The second-order valence-corrected chi connectivity index (χ2v) is 6.35. The molecule has 0 aromatic carbocycles. The van der Waals surface area contributed by atoms with Gasteiger partial charge in [-0.2, -0.15) is 0 Å². The first-order chi connectivity index (χ1) is 9.56. The van der Waals surface area contributed by atoms with Crippen molar-refractivity contribution in [3.63, 3.8) is 0 Å². The summed E-state index contributed by atoms with van der Waals surface area (Å²) in [5.41, 5.74) is 6.67. The Balaban J connectivity index is 1.82. The molecule has 2 atom stereocenters. The highest BCUT2D eigenvalue weighted by Gasteiger charge is 2.39. The third kappa shape index (κ3) is 2.25. The normalized spacial score (nSPS) is 25.2. The lowest BCUT2D eigenvalue weighted by Gasteiger charge is -2.18. The van der Waals surface area contributed by atoms with Crippen LogP contribution in [0.2, 0.25) is 0 Å². The molecule has 5 heteroatoms. The first kappa shape index (κ1) is 13.3. The molecular formula is C15H22N4O. The van der Waals surface area contributed by atoms with Gasteiger partial charge >= 0.3 is 0 Å². The minimum atomic E-state index is -0.0267. The van der Waals surface area contributed by atoms with Gasteiger partial charge in [0, 0.05) is 19.0 Å². The summed E-state index contributed by atoms with van der Waals surface area (Å²) in [6.45, 7) is 5.76. The van der Waals surface area contributed by atoms with Crippen LogP contribution in [-0.2, 0) is 0 Å². The minimum Gasteiger partial charge on any atom is -0.396 e. The highest BCUT2D eigenvalue weighted by atomic mass is 16.2. The van der Waals surface area contributed by atoms with Gasteiger partial charge in [0.15, 0.2) is 5.69 Å². The predicted octanol–water partition coefficient (Wildman–Crippen LogP) is 2.05. The Morgan fingerprint density at radius 3 is 2.60 bits per heavy atom. The van der Waals surface area contributed by atoms with Crippen LogP contribution in [0.15, 0.2) is 6.20 Å². The predicted molar refractivity (Wildman–Crippen MR) is 77.3 cm³/mol. The third-order valence-corrected chi connectivity index (χ3v) is 4.57. The van der Waals surface area contributed by atoms with Gasteiger partial charge in [0.05, 0.1) is 11.9 Å². The summed E-state index contributed by atoms with van der Waals surface area (Å²) in [5, 5.41) is 0. The van der Waals surface area contributed by atoms with Crippen molar-refractivity contribution in [2.75, 3.05) is 18.8 Å². The van der Waals surface area contributed by atoms with E-state index in [-0.39, 0.29) is 11.8 Å². The van der Waals surface area contributed by atoms with Gasteiger partial charge < -0.3 is 10.6 Å². The smallest absolute Gasteiger partial charge is 0.274 e. The zero-order chi connectivity index (χ0) is 14.3. The van der Waals surface area contributed by atoms with Crippen LogP contribution in [0.1, 0.15) is 55.3 Å². The average Bonchev–Trinajstić information content (AvgIpc) is 2.98. The summed E-state index contributed by atoms with van der Waals surface area (Å²) >= 11 is 0. The van der Waals surface area contributed by atoms with Crippen LogP contribution in [0.3, 0.4) is 0 Å². The zero-order valence-electron chi connectivity index (χ0n) is 12.2. The molecule has 1 saturated heterocycles. The molecule has 108 valence electrons. The minimum absolute atomic E-state index is 0.0267. The molecule has 1 saturated carbocycles. The molecule has 3 rings (SSSR count). The number of hydrogen-bond acceptors (Lipinski definition) is 4. The van der Waals surface area contributed by atoms with Gasteiger partial charge in [0.2, 0.25) is 0 Å². The van der Waals surface area contributed by atoms with E-state index in [1.165, 1.54) is 19.3 Å². The van der Waals surface area contributed by atoms with Gasteiger partial charge in [-0.05, 0) is 24.7 Å². The summed E-state index contributed by atoms with van der Waals surface area (Å²) < 4.78 is 0. The number of amides is 1. The second-order valence-electron chi connectivity index (χ2n) is 6.35. The number of nitrogens with zero attached hydrogens (tertiary/aromatic N) is 3. The van der Waals surface area contributed by atoms with Crippen LogP contribution in [0.25, 0.3) is 0 Å². The molecule has 20 heavy (non-hydrogen) atoms. The van der Waals surface area contributed by atoms with E-state index in [1.54, 1.807) is 6.20 Å². The largest absolute Gasteiger partial charge is 0.396 e. The van der Waals surface area contributed by atoms with Crippen molar-refractivity contribution >= 4 is 11.6 Å². The van der Waals surface area contributed by atoms with Crippen LogP contribution in [-0.4, -0.2) is 33.9 Å². The van der Waals surface area contributed by atoms with Crippen molar-refractivity contribution in [1.82, 2.24) is 14.9 Å². The number of fused-ring (bicyclic) bond motifs is 1. The molecule has 2 N–H and O–H groups in total. The van der Waals surface area contributed by atoms with Crippen molar-refractivity contribution in [2.45, 2.75) is 39.0 Å². The molecule has 2 fully saturated rings. The molecule has 5 nitrogen and oxygen atoms in total. The topological polar surface area (TPSA) is 72.1 Å². The summed E-state index contributed by atoms with van der Waals surface area (Å²) in [5.74, 6) is 2.22. The average molecular weight is 274 g/mol. The Labute approximate surface area is 119 Å². The molecular weight excluding hydrogens is 252 g/mol. The number of aromatic nitrogens is 2. The van der Waals surface area contributed by atoms with E-state index < -0.39 is 0 Å². The number of carbonyl (C=O) groups excluding carboxylic acids is 1. The number of carbonyl (C=O) groups is 1. The van der Waals surface area contributed by atoms with Crippen molar-refractivity contribution in [1.29, 1.82) is 0 Å². The molecule has 2 unspecified atom stereocenters. The molecule has 0 bridgehead atoms. The molecule has 1 aromatic heterocycles. The summed E-state index contributed by atoms with van der Waals surface area (Å²) in [4.78, 5) is 23.1. The highest BCUT2D eigenvalue weighted by molar-refractivity contribution is 5.97. The van der Waals surface area contributed by atoms with E-state index in [4.69, 9.17) is 5.73 Å². The number of likely N-dealkylation sites (tertiary alicyclic amines) is 1. The van der Waals surface area contributed by atoms with E-state index in [0.717, 1.165) is 13.1 Å². The molecule has 1 aliphatic carbocycles. The maximum absolute atomic E-state index is 12.6. The summed E-state index contributed by atoms with van der Waals surface area (Å²) in [7, 11) is 0. The molecule has 0 spiro atoms. The maximum atomic E-state index is 12.6. The van der Waals surface area contributed by atoms with Crippen LogP contribution < -0.4 is 5.73 Å². The van der Waals surface area contributed by atoms with Crippen molar-refractivity contribution in [3.05, 3.63) is 17.7 Å².